The average molecular weight is 257 g/mol. The van der Waals surface area contributed by atoms with Crippen molar-refractivity contribution in [2.75, 3.05) is 26.8 Å². The van der Waals surface area contributed by atoms with Crippen molar-refractivity contribution in [1.82, 2.24) is 10.2 Å². The van der Waals surface area contributed by atoms with Crippen molar-refractivity contribution in [3.05, 3.63) is 0 Å². The van der Waals surface area contributed by atoms with Gasteiger partial charge in [-0.15, -0.1) is 0 Å². The van der Waals surface area contributed by atoms with Gasteiger partial charge in [-0.25, -0.2) is 0 Å². The molecule has 1 rings (SSSR count). The zero-order valence-corrected chi connectivity index (χ0v) is 12.0. The fraction of sp³-hybridized carbons (Fsp3) is 0.923. The molecule has 1 unspecified atom stereocenters. The van der Waals surface area contributed by atoms with Crippen LogP contribution in [0, 0.1) is 0 Å². The molecular weight excluding hydrogens is 230 g/mol. The third-order valence-electron chi connectivity index (χ3n) is 3.32. The van der Waals surface area contributed by atoms with Crippen LogP contribution in [0.25, 0.3) is 0 Å². The van der Waals surface area contributed by atoms with Crippen LogP contribution in [0.4, 0.5) is 0 Å². The van der Waals surface area contributed by atoms with Crippen LogP contribution in [-0.4, -0.2) is 55.2 Å². The Balaban J connectivity index is 2.64. The van der Waals surface area contributed by atoms with Crippen molar-refractivity contribution in [3.8, 4) is 0 Å². The minimum Gasteiger partial charge on any atom is -0.383 e. The summed E-state index contributed by atoms with van der Waals surface area (Å²) in [5.41, 5.74) is 4.88. The molecule has 0 aromatic heterocycles. The smallest absolute Gasteiger partial charge is 0.238 e. The van der Waals surface area contributed by atoms with Gasteiger partial charge in [-0.05, 0) is 33.6 Å². The summed E-state index contributed by atoms with van der Waals surface area (Å²) in [4.78, 5) is 14.0. The summed E-state index contributed by atoms with van der Waals surface area (Å²) in [5.74, 6) is -0.292. The van der Waals surface area contributed by atoms with Gasteiger partial charge in [0, 0.05) is 32.3 Å². The van der Waals surface area contributed by atoms with Crippen LogP contribution in [0.3, 0.4) is 0 Å². The third kappa shape index (κ3) is 4.55. The Morgan fingerprint density at radius 1 is 1.56 bits per heavy atom. The number of primary amides is 1. The number of nitrogens with zero attached hydrogens (tertiary/aromatic N) is 1. The zero-order valence-electron chi connectivity index (χ0n) is 12.0. The first-order valence-corrected chi connectivity index (χ1v) is 6.69. The number of hydrogen-bond acceptors (Lipinski definition) is 4. The maximum atomic E-state index is 11.7. The van der Waals surface area contributed by atoms with E-state index in [9.17, 15) is 4.79 Å². The molecule has 3 N–H and O–H groups in total. The normalized spacial score (nSPS) is 19.2. The first kappa shape index (κ1) is 15.4. The third-order valence-corrected chi connectivity index (χ3v) is 3.32. The van der Waals surface area contributed by atoms with Crippen molar-refractivity contribution in [2.24, 2.45) is 5.73 Å². The lowest BCUT2D eigenvalue weighted by Gasteiger charge is -2.35. The van der Waals surface area contributed by atoms with Crippen LogP contribution in [-0.2, 0) is 9.53 Å². The van der Waals surface area contributed by atoms with Crippen LogP contribution in [0.1, 0.15) is 33.6 Å². The van der Waals surface area contributed by atoms with E-state index in [4.69, 9.17) is 10.5 Å². The molecule has 1 fully saturated rings. The van der Waals surface area contributed by atoms with Gasteiger partial charge in [-0.3, -0.25) is 9.69 Å². The second-order valence-electron chi connectivity index (χ2n) is 5.69. The molecule has 0 bridgehead atoms. The molecule has 1 saturated carbocycles. The topological polar surface area (TPSA) is 67.6 Å². The quantitative estimate of drug-likeness (QED) is 0.625. The monoisotopic (exact) mass is 257 g/mol. The van der Waals surface area contributed by atoms with Gasteiger partial charge in [0.15, 0.2) is 0 Å². The number of methoxy groups -OCH3 is 1. The molecule has 0 aromatic rings. The maximum absolute atomic E-state index is 11.7. The predicted octanol–water partition coefficient (Wildman–Crippen LogP) is 0.339. The van der Waals surface area contributed by atoms with E-state index in [0.717, 1.165) is 6.54 Å². The van der Waals surface area contributed by atoms with E-state index in [1.807, 2.05) is 20.8 Å². The van der Waals surface area contributed by atoms with Gasteiger partial charge in [0.05, 0.1) is 6.61 Å². The molecule has 5 nitrogen and oxygen atoms in total. The molecular formula is C13H27N3O2. The largest absolute Gasteiger partial charge is 0.383 e. The number of amides is 1. The first-order chi connectivity index (χ1) is 8.39. The molecule has 0 aliphatic heterocycles. The fourth-order valence-corrected chi connectivity index (χ4v) is 2.28. The van der Waals surface area contributed by atoms with E-state index < -0.39 is 5.54 Å². The van der Waals surface area contributed by atoms with Crippen molar-refractivity contribution in [1.29, 1.82) is 0 Å². The number of ether oxygens (including phenoxy) is 1. The van der Waals surface area contributed by atoms with Gasteiger partial charge in [-0.1, -0.05) is 0 Å². The Hall–Kier alpha value is -0.650. The first-order valence-electron chi connectivity index (χ1n) is 6.69. The Morgan fingerprint density at radius 3 is 2.56 bits per heavy atom. The molecule has 0 heterocycles. The lowest BCUT2D eigenvalue weighted by Crippen LogP contribution is -2.61. The fourth-order valence-electron chi connectivity index (χ4n) is 2.28. The number of hydrogen-bond donors (Lipinski definition) is 2. The van der Waals surface area contributed by atoms with E-state index in [1.165, 1.54) is 12.8 Å². The van der Waals surface area contributed by atoms with Crippen LogP contribution in [0.15, 0.2) is 0 Å². The highest BCUT2D eigenvalue weighted by Crippen LogP contribution is 2.28. The van der Waals surface area contributed by atoms with Gasteiger partial charge >= 0.3 is 0 Å². The average Bonchev–Trinajstić information content (AvgIpc) is 3.06. The molecule has 106 valence electrons. The molecule has 1 aliphatic carbocycles. The molecule has 0 spiro atoms. The van der Waals surface area contributed by atoms with E-state index in [2.05, 4.69) is 10.2 Å². The molecule has 0 radical (unpaired) electrons. The van der Waals surface area contributed by atoms with Crippen LogP contribution in [0.2, 0.25) is 0 Å². The highest BCUT2D eigenvalue weighted by Gasteiger charge is 2.38. The molecule has 5 heteroatoms. The minimum absolute atomic E-state index is 0.228. The van der Waals surface area contributed by atoms with E-state index in [1.54, 1.807) is 7.11 Å². The summed E-state index contributed by atoms with van der Waals surface area (Å²) in [5, 5.41) is 3.29. The second-order valence-corrected chi connectivity index (χ2v) is 5.69. The summed E-state index contributed by atoms with van der Waals surface area (Å²) < 4.78 is 5.13. The van der Waals surface area contributed by atoms with Crippen molar-refractivity contribution in [3.63, 3.8) is 0 Å². The van der Waals surface area contributed by atoms with E-state index in [-0.39, 0.29) is 11.9 Å². The van der Waals surface area contributed by atoms with Crippen molar-refractivity contribution >= 4 is 5.91 Å². The van der Waals surface area contributed by atoms with E-state index >= 15 is 0 Å². The number of carbonyl (C=O) groups is 1. The van der Waals surface area contributed by atoms with E-state index in [0.29, 0.717) is 19.2 Å². The molecule has 1 aliphatic rings. The summed E-state index contributed by atoms with van der Waals surface area (Å²) in [7, 11) is 1.70. The maximum Gasteiger partial charge on any atom is 0.238 e. The van der Waals surface area contributed by atoms with Crippen molar-refractivity contribution in [2.45, 2.75) is 51.2 Å². The summed E-state index contributed by atoms with van der Waals surface area (Å²) in [6.07, 6.45) is 2.42. The number of rotatable bonds is 9. The van der Waals surface area contributed by atoms with Gasteiger partial charge in [-0.2, -0.15) is 0 Å². The highest BCUT2D eigenvalue weighted by molar-refractivity contribution is 5.84. The number of nitrogens with two attached hydrogens (primary N) is 1. The Bertz CT molecular complexity index is 279. The lowest BCUT2D eigenvalue weighted by atomic mass is 9.99. The Labute approximate surface area is 110 Å². The summed E-state index contributed by atoms with van der Waals surface area (Å²) >= 11 is 0. The van der Waals surface area contributed by atoms with Gasteiger partial charge in [0.2, 0.25) is 5.91 Å². The van der Waals surface area contributed by atoms with Gasteiger partial charge in [0.1, 0.15) is 5.54 Å². The SMILES string of the molecule is COCCN(CC(C)(NC(C)C)C(N)=O)C1CC1. The standard InChI is InChI=1S/C13H27N3O2/c1-10(2)15-13(3,12(14)17)9-16(7-8-18-4)11-5-6-11/h10-11,15H,5-9H2,1-4H3,(H2,14,17). The predicted molar refractivity (Wildman–Crippen MR) is 72.3 cm³/mol. The lowest BCUT2D eigenvalue weighted by molar-refractivity contribution is -0.125. The molecule has 0 aromatic carbocycles. The molecule has 0 saturated heterocycles. The summed E-state index contributed by atoms with van der Waals surface area (Å²) in [6, 6.07) is 0.818. The molecule has 1 atom stereocenters. The van der Waals surface area contributed by atoms with Gasteiger partial charge in [0.25, 0.3) is 0 Å². The highest BCUT2D eigenvalue weighted by atomic mass is 16.5. The number of nitrogens with one attached hydrogen (secondary N) is 1. The number of carbonyl (C=O) groups excluding carboxylic acids is 1. The zero-order chi connectivity index (χ0) is 13.8. The van der Waals surface area contributed by atoms with Crippen LogP contribution in [0.5, 0.6) is 0 Å². The Morgan fingerprint density at radius 2 is 2.17 bits per heavy atom. The van der Waals surface area contributed by atoms with Gasteiger partial charge < -0.3 is 15.8 Å². The molecule has 18 heavy (non-hydrogen) atoms. The van der Waals surface area contributed by atoms with Crippen LogP contribution < -0.4 is 11.1 Å². The molecule has 1 amide bonds. The summed E-state index contributed by atoms with van der Waals surface area (Å²) in [6.45, 7) is 8.12. The second kappa shape index (κ2) is 6.50. The Kier molecular flexibility index (Phi) is 5.56. The minimum atomic E-state index is -0.676. The van der Waals surface area contributed by atoms with Crippen molar-refractivity contribution < 1.29 is 9.53 Å². The van der Waals surface area contributed by atoms with Crippen LogP contribution >= 0.6 is 0 Å².